The Balaban J connectivity index is 1.66. The second-order valence-electron chi connectivity index (χ2n) is 6.18. The second-order valence-corrected chi connectivity index (χ2v) is 6.58. The van der Waals surface area contributed by atoms with E-state index in [0.717, 1.165) is 16.8 Å². The van der Waals surface area contributed by atoms with Gasteiger partial charge in [0, 0.05) is 36.1 Å². The summed E-state index contributed by atoms with van der Waals surface area (Å²) in [5.74, 6) is -0.400. The third-order valence-electron chi connectivity index (χ3n) is 4.02. The van der Waals surface area contributed by atoms with Crippen LogP contribution in [-0.4, -0.2) is 21.4 Å². The normalized spacial score (nSPS) is 10.5. The van der Waals surface area contributed by atoms with Crippen molar-refractivity contribution in [2.75, 3.05) is 10.6 Å². The summed E-state index contributed by atoms with van der Waals surface area (Å²) in [5.41, 5.74) is 3.57. The van der Waals surface area contributed by atoms with Crippen LogP contribution in [-0.2, 0) is 11.3 Å². The lowest BCUT2D eigenvalue weighted by molar-refractivity contribution is -0.114. The van der Waals surface area contributed by atoms with Gasteiger partial charge < -0.3 is 15.2 Å². The summed E-state index contributed by atoms with van der Waals surface area (Å²) in [6, 6.07) is 12.9. The molecular weight excluding hydrogens is 364 g/mol. The molecule has 2 aromatic carbocycles. The zero-order valence-electron chi connectivity index (χ0n) is 15.0. The van der Waals surface area contributed by atoms with E-state index in [4.69, 9.17) is 11.6 Å². The number of hydrogen-bond acceptors (Lipinski definition) is 3. The number of benzene rings is 2. The van der Waals surface area contributed by atoms with Gasteiger partial charge in [-0.2, -0.15) is 0 Å². The van der Waals surface area contributed by atoms with Crippen molar-refractivity contribution in [3.8, 4) is 0 Å². The minimum atomic E-state index is -0.292. The molecule has 0 aliphatic heterocycles. The molecule has 0 unspecified atom stereocenters. The van der Waals surface area contributed by atoms with Crippen LogP contribution < -0.4 is 10.6 Å². The fourth-order valence-electron chi connectivity index (χ4n) is 2.60. The van der Waals surface area contributed by atoms with Gasteiger partial charge in [-0.1, -0.05) is 29.8 Å². The average molecular weight is 383 g/mol. The Morgan fingerprint density at radius 3 is 2.56 bits per heavy atom. The van der Waals surface area contributed by atoms with E-state index in [1.54, 1.807) is 30.7 Å². The van der Waals surface area contributed by atoms with Crippen LogP contribution in [0.1, 0.15) is 28.5 Å². The Morgan fingerprint density at radius 1 is 1.11 bits per heavy atom. The van der Waals surface area contributed by atoms with Crippen LogP contribution in [0.5, 0.6) is 0 Å². The summed E-state index contributed by atoms with van der Waals surface area (Å²) >= 11 is 6.08. The fraction of sp³-hybridized carbons (Fsp3) is 0.150. The lowest BCUT2D eigenvalue weighted by Gasteiger charge is -2.08. The van der Waals surface area contributed by atoms with Gasteiger partial charge in [-0.25, -0.2) is 4.98 Å². The Labute approximate surface area is 162 Å². The Morgan fingerprint density at radius 2 is 1.85 bits per heavy atom. The van der Waals surface area contributed by atoms with Crippen LogP contribution >= 0.6 is 11.6 Å². The topological polar surface area (TPSA) is 76.0 Å². The summed E-state index contributed by atoms with van der Waals surface area (Å²) in [4.78, 5) is 27.7. The number of nitrogens with zero attached hydrogens (tertiary/aromatic N) is 2. The first kappa shape index (κ1) is 18.7. The van der Waals surface area contributed by atoms with Gasteiger partial charge in [0.25, 0.3) is 5.91 Å². The number of rotatable bonds is 5. The van der Waals surface area contributed by atoms with Crippen molar-refractivity contribution >= 4 is 34.8 Å². The highest BCUT2D eigenvalue weighted by molar-refractivity contribution is 6.31. The zero-order chi connectivity index (χ0) is 19.4. The number of hydrogen-bond donors (Lipinski definition) is 2. The molecule has 6 nitrogen and oxygen atoms in total. The third kappa shape index (κ3) is 4.74. The summed E-state index contributed by atoms with van der Waals surface area (Å²) in [6.45, 7) is 3.88. The maximum Gasteiger partial charge on any atom is 0.275 e. The molecule has 0 saturated carbocycles. The molecule has 1 heterocycles. The number of halogens is 1. The molecule has 7 heteroatoms. The van der Waals surface area contributed by atoms with Gasteiger partial charge in [-0.05, 0) is 42.3 Å². The van der Waals surface area contributed by atoms with Crippen LogP contribution in [0.4, 0.5) is 11.4 Å². The molecule has 2 amide bonds. The predicted octanol–water partition coefficient (Wildman–Crippen LogP) is 4.10. The molecule has 27 heavy (non-hydrogen) atoms. The zero-order valence-corrected chi connectivity index (χ0v) is 15.7. The highest BCUT2D eigenvalue weighted by Crippen LogP contribution is 2.23. The second kappa shape index (κ2) is 8.05. The molecule has 0 aliphatic carbocycles. The lowest BCUT2D eigenvalue weighted by Crippen LogP contribution is -2.13. The lowest BCUT2D eigenvalue weighted by atomic mass is 10.2. The standard InChI is InChI=1S/C20H19ClN4O2/c1-13-17(21)4-3-5-18(13)24-20(27)19-11-25(12-22-19)10-15-6-8-16(9-7-15)23-14(2)26/h3-9,11-12H,10H2,1-2H3,(H,23,26)(H,24,27). The molecule has 3 aromatic rings. The maximum atomic E-state index is 12.4. The van der Waals surface area contributed by atoms with Crippen molar-refractivity contribution in [2.45, 2.75) is 20.4 Å². The minimum absolute atomic E-state index is 0.108. The number of imidazole rings is 1. The van der Waals surface area contributed by atoms with Crippen molar-refractivity contribution in [1.29, 1.82) is 0 Å². The first-order valence-electron chi connectivity index (χ1n) is 8.37. The first-order chi connectivity index (χ1) is 12.9. The van der Waals surface area contributed by atoms with Gasteiger partial charge in [-0.3, -0.25) is 9.59 Å². The van der Waals surface area contributed by atoms with Gasteiger partial charge in [0.15, 0.2) is 0 Å². The molecule has 0 aliphatic rings. The molecule has 0 spiro atoms. The van der Waals surface area contributed by atoms with Crippen molar-refractivity contribution in [1.82, 2.24) is 9.55 Å². The van der Waals surface area contributed by atoms with Gasteiger partial charge in [0.1, 0.15) is 5.69 Å². The molecule has 0 fully saturated rings. The SMILES string of the molecule is CC(=O)Nc1ccc(Cn2cnc(C(=O)Nc3cccc(Cl)c3C)c2)cc1. The number of carbonyl (C=O) groups excluding carboxylic acids is 2. The van der Waals surface area contributed by atoms with Crippen LogP contribution in [0.3, 0.4) is 0 Å². The molecular formula is C20H19ClN4O2. The van der Waals surface area contributed by atoms with Crippen molar-refractivity contribution in [2.24, 2.45) is 0 Å². The molecule has 0 bridgehead atoms. The molecule has 0 atom stereocenters. The van der Waals surface area contributed by atoms with Crippen molar-refractivity contribution in [3.63, 3.8) is 0 Å². The predicted molar refractivity (Wildman–Crippen MR) is 106 cm³/mol. The summed E-state index contributed by atoms with van der Waals surface area (Å²) in [5, 5.41) is 6.16. The molecule has 0 saturated heterocycles. The van der Waals surface area contributed by atoms with Crippen LogP contribution in [0.15, 0.2) is 55.0 Å². The van der Waals surface area contributed by atoms with E-state index in [1.807, 2.05) is 35.8 Å². The fourth-order valence-corrected chi connectivity index (χ4v) is 2.78. The van der Waals surface area contributed by atoms with E-state index in [-0.39, 0.29) is 11.8 Å². The number of nitrogens with one attached hydrogen (secondary N) is 2. The average Bonchev–Trinajstić information content (AvgIpc) is 3.09. The monoisotopic (exact) mass is 382 g/mol. The molecule has 1 aromatic heterocycles. The highest BCUT2D eigenvalue weighted by Gasteiger charge is 2.12. The highest BCUT2D eigenvalue weighted by atomic mass is 35.5. The first-order valence-corrected chi connectivity index (χ1v) is 8.75. The van der Waals surface area contributed by atoms with Crippen LogP contribution in [0.2, 0.25) is 5.02 Å². The van der Waals surface area contributed by atoms with E-state index >= 15 is 0 Å². The molecule has 2 N–H and O–H groups in total. The number of amides is 2. The van der Waals surface area contributed by atoms with Gasteiger partial charge in [0.2, 0.25) is 5.91 Å². The van der Waals surface area contributed by atoms with Gasteiger partial charge >= 0.3 is 0 Å². The smallest absolute Gasteiger partial charge is 0.275 e. The van der Waals surface area contributed by atoms with Crippen LogP contribution in [0, 0.1) is 6.92 Å². The molecule has 3 rings (SSSR count). The van der Waals surface area contributed by atoms with E-state index in [0.29, 0.717) is 22.9 Å². The number of carbonyl (C=O) groups is 2. The quantitative estimate of drug-likeness (QED) is 0.697. The Kier molecular flexibility index (Phi) is 5.57. The number of anilines is 2. The van der Waals surface area contributed by atoms with Crippen molar-refractivity contribution in [3.05, 3.63) is 76.8 Å². The van der Waals surface area contributed by atoms with E-state index < -0.39 is 0 Å². The minimum Gasteiger partial charge on any atom is -0.332 e. The van der Waals surface area contributed by atoms with E-state index in [2.05, 4.69) is 15.6 Å². The molecule has 0 radical (unpaired) electrons. The third-order valence-corrected chi connectivity index (χ3v) is 4.43. The molecule has 138 valence electrons. The summed E-state index contributed by atoms with van der Waals surface area (Å²) < 4.78 is 1.83. The van der Waals surface area contributed by atoms with Crippen molar-refractivity contribution < 1.29 is 9.59 Å². The van der Waals surface area contributed by atoms with Crippen LogP contribution in [0.25, 0.3) is 0 Å². The van der Waals surface area contributed by atoms with E-state index in [1.165, 1.54) is 6.92 Å². The largest absolute Gasteiger partial charge is 0.332 e. The number of aromatic nitrogens is 2. The van der Waals surface area contributed by atoms with Gasteiger partial charge in [0.05, 0.1) is 6.33 Å². The van der Waals surface area contributed by atoms with Gasteiger partial charge in [-0.15, -0.1) is 0 Å². The van der Waals surface area contributed by atoms with E-state index in [9.17, 15) is 9.59 Å². The Hall–Kier alpha value is -3.12. The summed E-state index contributed by atoms with van der Waals surface area (Å²) in [6.07, 6.45) is 3.30. The summed E-state index contributed by atoms with van der Waals surface area (Å²) in [7, 11) is 0. The maximum absolute atomic E-state index is 12.4. The Bertz CT molecular complexity index is 980.